The number of amides is 1. The van der Waals surface area contributed by atoms with Crippen molar-refractivity contribution in [3.05, 3.63) is 77.1 Å². The van der Waals surface area contributed by atoms with Gasteiger partial charge in [0.1, 0.15) is 11.6 Å². The van der Waals surface area contributed by atoms with Gasteiger partial charge in [-0.05, 0) is 42.7 Å². The normalized spacial score (nSPS) is 27.4. The van der Waals surface area contributed by atoms with E-state index < -0.39 is 24.5 Å². The summed E-state index contributed by atoms with van der Waals surface area (Å²) >= 11 is 0. The molecule has 2 bridgehead atoms. The molecule has 0 radical (unpaired) electrons. The highest BCUT2D eigenvalue weighted by molar-refractivity contribution is 5.98. The number of benzene rings is 2. The Hall–Kier alpha value is -4.06. The molecule has 2 N–H and O–H groups in total. The fourth-order valence-electron chi connectivity index (χ4n) is 6.09. The number of rotatable bonds is 3. The number of carbonyl (C=O) groups is 1. The number of hydrogen-bond acceptors (Lipinski definition) is 6. The molecule has 0 saturated heterocycles. The molecule has 1 fully saturated rings. The fraction of sp³-hybridized carbons (Fsp3) is 0.310. The van der Waals surface area contributed by atoms with Gasteiger partial charge in [0, 0.05) is 59.3 Å². The predicted molar refractivity (Wildman–Crippen MR) is 139 cm³/mol. The summed E-state index contributed by atoms with van der Waals surface area (Å²) in [4.78, 5) is 28.6. The summed E-state index contributed by atoms with van der Waals surface area (Å²) in [6.45, 7) is -2.65. The van der Waals surface area contributed by atoms with Crippen molar-refractivity contribution in [3.8, 4) is 23.5 Å². The van der Waals surface area contributed by atoms with Crippen molar-refractivity contribution in [2.75, 3.05) is 14.1 Å². The minimum absolute atomic E-state index is 0.125. The van der Waals surface area contributed by atoms with E-state index in [0.29, 0.717) is 53.1 Å². The Morgan fingerprint density at radius 1 is 1.19 bits per heavy atom. The zero-order valence-electron chi connectivity index (χ0n) is 23.2. The molecule has 8 nitrogen and oxygen atoms in total. The average Bonchev–Trinajstić information content (AvgIpc) is 3.43. The molecule has 184 valence electrons. The molecule has 37 heavy (non-hydrogen) atoms. The maximum atomic E-state index is 13.6. The Kier molecular flexibility index (Phi) is 3.99. The second-order valence-electron chi connectivity index (χ2n) is 10.1. The van der Waals surface area contributed by atoms with E-state index in [1.54, 1.807) is 37.7 Å². The number of carbonyl (C=O) groups excluding carboxylic acids is 1. The molecule has 7 rings (SSSR count). The molecule has 2 aromatic heterocycles. The summed E-state index contributed by atoms with van der Waals surface area (Å²) in [5.41, 5.74) is 10.6. The molecule has 0 spiro atoms. The number of aromatic nitrogens is 4. The Morgan fingerprint density at radius 2 is 2.00 bits per heavy atom. The molecule has 8 heteroatoms. The number of fused-ring (bicyclic) bond motifs is 9. The van der Waals surface area contributed by atoms with E-state index in [-0.39, 0.29) is 12.1 Å². The lowest BCUT2D eigenvalue weighted by atomic mass is 9.74. The molecule has 4 aromatic rings. The van der Waals surface area contributed by atoms with Crippen molar-refractivity contribution in [1.29, 1.82) is 0 Å². The number of ether oxygens (including phenoxy) is 1. The molecule has 3 aliphatic rings. The second-order valence-corrected chi connectivity index (χ2v) is 10.1. The van der Waals surface area contributed by atoms with Crippen molar-refractivity contribution >= 4 is 16.9 Å². The van der Waals surface area contributed by atoms with Gasteiger partial charge >= 0.3 is 0 Å². The Balaban J connectivity index is 1.35. The third kappa shape index (κ3) is 3.05. The molecular formula is C29H26N6O2. The lowest BCUT2D eigenvalue weighted by Gasteiger charge is -2.42. The van der Waals surface area contributed by atoms with Crippen molar-refractivity contribution in [1.82, 2.24) is 24.4 Å². The van der Waals surface area contributed by atoms with E-state index >= 15 is 0 Å². The van der Waals surface area contributed by atoms with Crippen LogP contribution in [0.15, 0.2) is 48.8 Å². The van der Waals surface area contributed by atoms with Gasteiger partial charge in [0.2, 0.25) is 0 Å². The van der Waals surface area contributed by atoms with E-state index in [2.05, 4.69) is 15.9 Å². The molecule has 2 aliphatic heterocycles. The molecule has 1 amide bonds. The van der Waals surface area contributed by atoms with Crippen LogP contribution in [0.2, 0.25) is 0 Å². The number of nitrogens with two attached hydrogens (primary N) is 1. The highest BCUT2D eigenvalue weighted by Crippen LogP contribution is 2.48. The van der Waals surface area contributed by atoms with E-state index in [1.165, 1.54) is 0 Å². The minimum Gasteiger partial charge on any atom is -0.381 e. The van der Waals surface area contributed by atoms with Crippen LogP contribution in [0, 0.1) is 12.3 Å². The van der Waals surface area contributed by atoms with Gasteiger partial charge in [-0.15, -0.1) is 6.42 Å². The van der Waals surface area contributed by atoms with Crippen LogP contribution in [0.25, 0.3) is 22.2 Å². The van der Waals surface area contributed by atoms with Crippen LogP contribution >= 0.6 is 0 Å². The van der Waals surface area contributed by atoms with Crippen molar-refractivity contribution in [3.63, 3.8) is 0 Å². The van der Waals surface area contributed by atoms with Gasteiger partial charge in [-0.3, -0.25) is 4.79 Å². The summed E-state index contributed by atoms with van der Waals surface area (Å²) in [6.07, 6.45) is 11.2. The summed E-state index contributed by atoms with van der Waals surface area (Å²) < 4.78 is 32.0. The standard InChI is InChI=1S/C29H26N6O2/c1-4-16-6-5-7-20-25(16)23-11-24(34(2)27(20)36)26-33-21-9-8-17(10-22(21)35(23)26)18-14-31-28(32-15-18)29(30)12-19(13-29)37-3/h1,5-10,14-15,19,23-24H,11-13,30H2,2-3H3/t19?,23-,24-,29?/m1/s1/i2D3. The molecule has 1 saturated carbocycles. The van der Waals surface area contributed by atoms with E-state index in [1.807, 2.05) is 22.8 Å². The van der Waals surface area contributed by atoms with Gasteiger partial charge in [0.25, 0.3) is 5.91 Å². The summed E-state index contributed by atoms with van der Waals surface area (Å²) in [6, 6.07) is 9.90. The van der Waals surface area contributed by atoms with Crippen LogP contribution in [0.3, 0.4) is 0 Å². The first-order valence-electron chi connectivity index (χ1n) is 13.7. The van der Waals surface area contributed by atoms with Crippen LogP contribution in [0.4, 0.5) is 0 Å². The monoisotopic (exact) mass is 493 g/mol. The molecular weight excluding hydrogens is 464 g/mol. The van der Waals surface area contributed by atoms with Crippen LogP contribution in [-0.4, -0.2) is 50.5 Å². The number of hydrogen-bond donors (Lipinski definition) is 1. The third-order valence-electron chi connectivity index (χ3n) is 8.08. The largest absolute Gasteiger partial charge is 0.381 e. The average molecular weight is 494 g/mol. The van der Waals surface area contributed by atoms with Gasteiger partial charge in [-0.2, -0.15) is 0 Å². The van der Waals surface area contributed by atoms with E-state index in [4.69, 9.17) is 26.0 Å². The van der Waals surface area contributed by atoms with Crippen LogP contribution in [0.5, 0.6) is 0 Å². The first kappa shape index (κ1) is 19.1. The van der Waals surface area contributed by atoms with Gasteiger partial charge in [-0.25, -0.2) is 15.0 Å². The summed E-state index contributed by atoms with van der Waals surface area (Å²) in [5.74, 6) is 3.27. The SMILES string of the molecule is [2H]C([2H])([2H])N1C(=O)c2cccc(C#C)c2[C@H]2C[C@@H]1c1nc3ccc(-c4cnc(C5(N)CC(OC)C5)nc4)cc3n12. The van der Waals surface area contributed by atoms with Gasteiger partial charge in [0.05, 0.1) is 34.8 Å². The zero-order valence-corrected chi connectivity index (χ0v) is 20.2. The van der Waals surface area contributed by atoms with Gasteiger partial charge in [-0.1, -0.05) is 18.1 Å². The molecule has 4 heterocycles. The Morgan fingerprint density at radius 3 is 2.73 bits per heavy atom. The third-order valence-corrected chi connectivity index (χ3v) is 8.08. The van der Waals surface area contributed by atoms with Crippen molar-refractivity contribution in [2.45, 2.75) is 43.0 Å². The highest BCUT2D eigenvalue weighted by Gasteiger charge is 2.45. The lowest BCUT2D eigenvalue weighted by molar-refractivity contribution is -0.0195. The minimum atomic E-state index is -2.65. The van der Waals surface area contributed by atoms with Gasteiger partial charge in [0.15, 0.2) is 0 Å². The highest BCUT2D eigenvalue weighted by atomic mass is 16.5. The zero-order chi connectivity index (χ0) is 28.0. The molecule has 2 aromatic carbocycles. The van der Waals surface area contributed by atoms with Crippen LogP contribution in [0.1, 0.15) is 68.6 Å². The van der Waals surface area contributed by atoms with Gasteiger partial charge < -0.3 is 19.9 Å². The van der Waals surface area contributed by atoms with Crippen LogP contribution < -0.4 is 5.73 Å². The van der Waals surface area contributed by atoms with Crippen molar-refractivity contribution in [2.24, 2.45) is 5.73 Å². The fourth-order valence-corrected chi connectivity index (χ4v) is 6.09. The number of imidazole rings is 1. The predicted octanol–water partition coefficient (Wildman–Crippen LogP) is 3.56. The maximum Gasteiger partial charge on any atom is 0.254 e. The summed E-state index contributed by atoms with van der Waals surface area (Å²) in [7, 11) is 1.68. The topological polar surface area (TPSA) is 99.2 Å². The Labute approximate surface area is 218 Å². The molecule has 2 atom stereocenters. The lowest BCUT2D eigenvalue weighted by Crippen LogP contribution is -2.53. The maximum absolute atomic E-state index is 13.6. The first-order valence-corrected chi connectivity index (χ1v) is 12.2. The second kappa shape index (κ2) is 7.72. The molecule has 0 unspecified atom stereocenters. The number of nitrogens with zero attached hydrogens (tertiary/aromatic N) is 5. The van der Waals surface area contributed by atoms with E-state index in [9.17, 15) is 4.79 Å². The smallest absolute Gasteiger partial charge is 0.254 e. The Bertz CT molecular complexity index is 1730. The van der Waals surface area contributed by atoms with Crippen molar-refractivity contribution < 1.29 is 13.6 Å². The number of terminal acetylenes is 1. The van der Waals surface area contributed by atoms with Crippen LogP contribution in [-0.2, 0) is 10.3 Å². The quantitative estimate of drug-likeness (QED) is 0.438. The van der Waals surface area contributed by atoms with E-state index in [0.717, 1.165) is 21.5 Å². The summed E-state index contributed by atoms with van der Waals surface area (Å²) in [5, 5.41) is 0. The number of methoxy groups -OCH3 is 1. The first-order chi connectivity index (χ1) is 19.1. The molecule has 1 aliphatic carbocycles.